The number of carbonyl (C=O) groups excluding carboxylic acids is 1. The maximum Gasteiger partial charge on any atom is 0.311 e. The van der Waals surface area contributed by atoms with Crippen LogP contribution in [0.2, 0.25) is 0 Å². The van der Waals surface area contributed by atoms with Gasteiger partial charge in [0.2, 0.25) is 5.91 Å². The molecule has 1 aliphatic heterocycles. The Labute approximate surface area is 130 Å². The van der Waals surface area contributed by atoms with Crippen molar-refractivity contribution >= 4 is 23.6 Å². The van der Waals surface area contributed by atoms with E-state index in [1.165, 1.54) is 0 Å². The van der Waals surface area contributed by atoms with Crippen LogP contribution in [0.4, 0.5) is 0 Å². The van der Waals surface area contributed by atoms with E-state index in [1.807, 2.05) is 11.8 Å². The molecule has 0 aromatic rings. The first-order valence-corrected chi connectivity index (χ1v) is 8.98. The quantitative estimate of drug-likeness (QED) is 0.716. The highest BCUT2D eigenvalue weighted by molar-refractivity contribution is 7.99. The van der Waals surface area contributed by atoms with Crippen molar-refractivity contribution in [1.82, 2.24) is 10.6 Å². The average Bonchev–Trinajstić information content (AvgIpc) is 2.48. The summed E-state index contributed by atoms with van der Waals surface area (Å²) in [5, 5.41) is 15.7. The molecule has 1 heterocycles. The second kappa shape index (κ2) is 7.49. The fraction of sp³-hybridized carbons (Fsp3) is 0.867. The zero-order chi connectivity index (χ0) is 15.3. The largest absolute Gasteiger partial charge is 0.481 e. The predicted octanol–water partition coefficient (Wildman–Crippen LogP) is 1.48. The van der Waals surface area contributed by atoms with Crippen LogP contribution in [0.25, 0.3) is 0 Å². The number of carboxylic acids is 1. The smallest absolute Gasteiger partial charge is 0.311 e. The number of nitrogens with one attached hydrogen (secondary N) is 2. The van der Waals surface area contributed by atoms with Crippen LogP contribution >= 0.6 is 11.8 Å². The van der Waals surface area contributed by atoms with E-state index in [0.29, 0.717) is 25.2 Å². The molecule has 3 N–H and O–H groups in total. The van der Waals surface area contributed by atoms with E-state index in [-0.39, 0.29) is 18.5 Å². The average molecular weight is 314 g/mol. The standard InChI is InChI=1S/C15H26N2O3S/c1-11-2-4-15(5-3-11,14(19)20)10-17-13(18)8-12-9-21-7-6-16-12/h11-12,16H,2-10H2,1H3,(H,17,18)(H,19,20). The third-order valence-corrected chi connectivity index (χ3v) is 5.87. The number of carboxylic acid groups (broad SMARTS) is 1. The first-order valence-electron chi connectivity index (χ1n) is 7.83. The minimum Gasteiger partial charge on any atom is -0.481 e. The molecule has 0 bridgehead atoms. The fourth-order valence-electron chi connectivity index (χ4n) is 3.10. The first-order chi connectivity index (χ1) is 10.0. The lowest BCUT2D eigenvalue weighted by Gasteiger charge is -2.36. The number of carbonyl (C=O) groups is 2. The summed E-state index contributed by atoms with van der Waals surface area (Å²) in [4.78, 5) is 23.6. The Hall–Kier alpha value is -0.750. The second-order valence-electron chi connectivity index (χ2n) is 6.47. The Balaban J connectivity index is 1.81. The van der Waals surface area contributed by atoms with E-state index in [0.717, 1.165) is 30.9 Å². The monoisotopic (exact) mass is 314 g/mol. The number of amides is 1. The van der Waals surface area contributed by atoms with Gasteiger partial charge in [0, 0.05) is 37.1 Å². The highest BCUT2D eigenvalue weighted by Crippen LogP contribution is 2.38. The zero-order valence-electron chi connectivity index (χ0n) is 12.7. The van der Waals surface area contributed by atoms with Crippen LogP contribution in [-0.4, -0.2) is 47.6 Å². The van der Waals surface area contributed by atoms with Crippen LogP contribution in [0.3, 0.4) is 0 Å². The molecule has 2 fully saturated rings. The van der Waals surface area contributed by atoms with E-state index in [2.05, 4.69) is 17.6 Å². The van der Waals surface area contributed by atoms with Crippen molar-refractivity contribution in [3.63, 3.8) is 0 Å². The summed E-state index contributed by atoms with van der Waals surface area (Å²) in [6.07, 6.45) is 3.65. The Kier molecular flexibility index (Phi) is 5.93. The van der Waals surface area contributed by atoms with E-state index < -0.39 is 11.4 Å². The van der Waals surface area contributed by atoms with Crippen LogP contribution in [0.15, 0.2) is 0 Å². The summed E-state index contributed by atoms with van der Waals surface area (Å²) in [5.41, 5.74) is -0.753. The second-order valence-corrected chi connectivity index (χ2v) is 7.62. The van der Waals surface area contributed by atoms with E-state index in [1.54, 1.807) is 0 Å². The molecule has 1 aliphatic carbocycles. The van der Waals surface area contributed by atoms with Gasteiger partial charge < -0.3 is 15.7 Å². The van der Waals surface area contributed by atoms with Crippen molar-refractivity contribution < 1.29 is 14.7 Å². The lowest BCUT2D eigenvalue weighted by atomic mass is 9.71. The summed E-state index contributed by atoms with van der Waals surface area (Å²) < 4.78 is 0. The molecule has 21 heavy (non-hydrogen) atoms. The highest BCUT2D eigenvalue weighted by atomic mass is 32.2. The summed E-state index contributed by atoms with van der Waals surface area (Å²) in [6.45, 7) is 3.38. The number of hydrogen-bond donors (Lipinski definition) is 3. The lowest BCUT2D eigenvalue weighted by Crippen LogP contribution is -2.47. The summed E-state index contributed by atoms with van der Waals surface area (Å²) in [5.74, 6) is 1.85. The van der Waals surface area contributed by atoms with Crippen LogP contribution in [0, 0.1) is 11.3 Å². The number of thioether (sulfide) groups is 1. The third-order valence-electron chi connectivity index (χ3n) is 4.74. The molecule has 0 aromatic heterocycles. The molecular weight excluding hydrogens is 288 g/mol. The predicted molar refractivity (Wildman–Crippen MR) is 84.4 cm³/mol. The van der Waals surface area contributed by atoms with Gasteiger partial charge in [-0.3, -0.25) is 9.59 Å². The van der Waals surface area contributed by atoms with Gasteiger partial charge in [-0.2, -0.15) is 11.8 Å². The Morgan fingerprint density at radius 2 is 2.10 bits per heavy atom. The van der Waals surface area contributed by atoms with Crippen LogP contribution < -0.4 is 10.6 Å². The van der Waals surface area contributed by atoms with Crippen molar-refractivity contribution in [2.75, 3.05) is 24.6 Å². The molecule has 6 heteroatoms. The highest BCUT2D eigenvalue weighted by Gasteiger charge is 2.41. The molecule has 0 aromatic carbocycles. The van der Waals surface area contributed by atoms with E-state index in [4.69, 9.17) is 0 Å². The van der Waals surface area contributed by atoms with Crippen LogP contribution in [0.1, 0.15) is 39.0 Å². The molecule has 120 valence electrons. The van der Waals surface area contributed by atoms with Crippen molar-refractivity contribution in [2.24, 2.45) is 11.3 Å². The van der Waals surface area contributed by atoms with Crippen LogP contribution in [0.5, 0.6) is 0 Å². The van der Waals surface area contributed by atoms with Gasteiger partial charge in [-0.05, 0) is 31.6 Å². The first kappa shape index (κ1) is 16.6. The van der Waals surface area contributed by atoms with Crippen molar-refractivity contribution in [3.05, 3.63) is 0 Å². The third kappa shape index (κ3) is 4.61. The minimum atomic E-state index is -0.763. The molecule has 0 spiro atoms. The van der Waals surface area contributed by atoms with E-state index in [9.17, 15) is 14.7 Å². The maximum absolute atomic E-state index is 12.0. The minimum absolute atomic E-state index is 0.0331. The molecule has 0 radical (unpaired) electrons. The van der Waals surface area contributed by atoms with Crippen molar-refractivity contribution in [3.8, 4) is 0 Å². The molecule has 1 saturated heterocycles. The topological polar surface area (TPSA) is 78.4 Å². The van der Waals surface area contributed by atoms with Gasteiger partial charge in [0.1, 0.15) is 0 Å². The molecule has 2 aliphatic rings. The number of hydrogen-bond acceptors (Lipinski definition) is 4. The van der Waals surface area contributed by atoms with Crippen molar-refractivity contribution in [2.45, 2.75) is 45.1 Å². The molecule has 1 atom stereocenters. The Bertz CT molecular complexity index is 375. The van der Waals surface area contributed by atoms with E-state index >= 15 is 0 Å². The molecule has 1 amide bonds. The van der Waals surface area contributed by atoms with Gasteiger partial charge >= 0.3 is 5.97 Å². The van der Waals surface area contributed by atoms with Gasteiger partial charge in [-0.15, -0.1) is 0 Å². The van der Waals surface area contributed by atoms with Gasteiger partial charge in [-0.25, -0.2) is 0 Å². The zero-order valence-corrected chi connectivity index (χ0v) is 13.5. The molecule has 5 nitrogen and oxygen atoms in total. The van der Waals surface area contributed by atoms with Crippen LogP contribution in [-0.2, 0) is 9.59 Å². The van der Waals surface area contributed by atoms with Gasteiger partial charge in [-0.1, -0.05) is 6.92 Å². The normalized spacial score (nSPS) is 33.4. The molecular formula is C15H26N2O3S. The number of aliphatic carboxylic acids is 1. The van der Waals surface area contributed by atoms with Crippen molar-refractivity contribution in [1.29, 1.82) is 0 Å². The SMILES string of the molecule is CC1CCC(CNC(=O)CC2CSCCN2)(C(=O)O)CC1. The summed E-state index contributed by atoms with van der Waals surface area (Å²) in [7, 11) is 0. The lowest BCUT2D eigenvalue weighted by molar-refractivity contribution is -0.151. The van der Waals surface area contributed by atoms with Gasteiger partial charge in [0.05, 0.1) is 5.41 Å². The Morgan fingerprint density at radius 3 is 2.67 bits per heavy atom. The maximum atomic E-state index is 12.0. The molecule has 1 unspecified atom stereocenters. The van der Waals surface area contributed by atoms with Gasteiger partial charge in [0.25, 0.3) is 0 Å². The van der Waals surface area contributed by atoms with Gasteiger partial charge in [0.15, 0.2) is 0 Å². The molecule has 1 saturated carbocycles. The molecule has 2 rings (SSSR count). The fourth-order valence-corrected chi connectivity index (χ4v) is 4.04. The number of rotatable bonds is 5. The summed E-state index contributed by atoms with van der Waals surface area (Å²) in [6, 6.07) is 0.218. The Morgan fingerprint density at radius 1 is 1.38 bits per heavy atom. The summed E-state index contributed by atoms with van der Waals surface area (Å²) >= 11 is 1.86.